The maximum Gasteiger partial charge on any atom is 0.317 e. The van der Waals surface area contributed by atoms with Crippen LogP contribution in [0.25, 0.3) is 0 Å². The highest BCUT2D eigenvalue weighted by Crippen LogP contribution is 2.27. The average molecular weight is 316 g/mol. The molecular weight excluding hydrogens is 288 g/mol. The Hall–Kier alpha value is -1.75. The van der Waals surface area contributed by atoms with Gasteiger partial charge < -0.3 is 15.5 Å². The number of hydrogen-bond donors (Lipinski definition) is 2. The van der Waals surface area contributed by atoms with E-state index in [1.165, 1.54) is 16.8 Å². The molecule has 1 saturated heterocycles. The number of nitrogens with zero attached hydrogens (tertiary/aromatic N) is 2. The fourth-order valence-electron chi connectivity index (χ4n) is 3.29. The molecule has 0 aliphatic carbocycles. The highest BCUT2D eigenvalue weighted by atomic mass is 16.2. The first-order valence-corrected chi connectivity index (χ1v) is 8.56. The van der Waals surface area contributed by atoms with E-state index in [1.807, 2.05) is 25.7 Å². The lowest BCUT2D eigenvalue weighted by Crippen LogP contribution is -2.54. The summed E-state index contributed by atoms with van der Waals surface area (Å²) in [7, 11) is 0. The molecule has 0 radical (unpaired) electrons. The van der Waals surface area contributed by atoms with Crippen molar-refractivity contribution >= 4 is 11.7 Å². The molecule has 126 valence electrons. The molecule has 1 aromatic rings. The smallest absolute Gasteiger partial charge is 0.317 e. The minimum absolute atomic E-state index is 0.0550. The Balaban J connectivity index is 1.54. The summed E-state index contributed by atoms with van der Waals surface area (Å²) in [6, 6.07) is 6.65. The minimum Gasteiger partial charge on any atom is -0.384 e. The number of rotatable bonds is 2. The van der Waals surface area contributed by atoms with E-state index in [4.69, 9.17) is 0 Å². The molecule has 0 atom stereocenters. The van der Waals surface area contributed by atoms with Gasteiger partial charge in [0.25, 0.3) is 0 Å². The molecule has 3 rings (SSSR count). The monoisotopic (exact) mass is 316 g/mol. The van der Waals surface area contributed by atoms with Crippen LogP contribution < -0.4 is 10.6 Å². The van der Waals surface area contributed by atoms with Crippen molar-refractivity contribution in [3.8, 4) is 0 Å². The van der Waals surface area contributed by atoms with E-state index in [9.17, 15) is 4.79 Å². The van der Waals surface area contributed by atoms with Crippen LogP contribution in [0.2, 0.25) is 0 Å². The van der Waals surface area contributed by atoms with E-state index in [2.05, 4.69) is 33.7 Å². The second-order valence-corrected chi connectivity index (χ2v) is 7.57. The van der Waals surface area contributed by atoms with Gasteiger partial charge in [0.2, 0.25) is 0 Å². The fourth-order valence-corrected chi connectivity index (χ4v) is 3.29. The number of anilines is 1. The van der Waals surface area contributed by atoms with Crippen molar-refractivity contribution in [3.63, 3.8) is 0 Å². The second-order valence-electron chi connectivity index (χ2n) is 7.57. The summed E-state index contributed by atoms with van der Waals surface area (Å²) in [5.41, 5.74) is 3.98. The zero-order valence-corrected chi connectivity index (χ0v) is 14.5. The molecule has 2 amide bonds. The Morgan fingerprint density at radius 3 is 2.65 bits per heavy atom. The third-order valence-corrected chi connectivity index (χ3v) is 4.47. The summed E-state index contributed by atoms with van der Waals surface area (Å²) in [5.74, 6) is 0. The summed E-state index contributed by atoms with van der Waals surface area (Å²) in [6.45, 7) is 11.5. The van der Waals surface area contributed by atoms with E-state index in [0.717, 1.165) is 45.7 Å². The van der Waals surface area contributed by atoms with Crippen molar-refractivity contribution in [2.24, 2.45) is 0 Å². The normalized spacial score (nSPS) is 18.5. The molecule has 1 aromatic carbocycles. The molecule has 5 nitrogen and oxygen atoms in total. The van der Waals surface area contributed by atoms with E-state index in [0.29, 0.717) is 0 Å². The first kappa shape index (κ1) is 16.1. The molecule has 0 aromatic heterocycles. The molecule has 0 unspecified atom stereocenters. The van der Waals surface area contributed by atoms with Crippen molar-refractivity contribution in [3.05, 3.63) is 29.3 Å². The van der Waals surface area contributed by atoms with Gasteiger partial charge in [-0.1, -0.05) is 18.2 Å². The lowest BCUT2D eigenvalue weighted by Gasteiger charge is -2.36. The lowest BCUT2D eigenvalue weighted by atomic mass is 10.1. The summed E-state index contributed by atoms with van der Waals surface area (Å²) in [4.78, 5) is 16.6. The van der Waals surface area contributed by atoms with Gasteiger partial charge in [-0.25, -0.2) is 4.79 Å². The number of para-hydroxylation sites is 1. The van der Waals surface area contributed by atoms with Crippen molar-refractivity contribution < 1.29 is 4.79 Å². The molecule has 1 fully saturated rings. The van der Waals surface area contributed by atoms with Crippen LogP contribution in [0.4, 0.5) is 10.5 Å². The topological polar surface area (TPSA) is 47.6 Å². The van der Waals surface area contributed by atoms with Crippen molar-refractivity contribution in [1.82, 2.24) is 15.1 Å². The molecule has 23 heavy (non-hydrogen) atoms. The Kier molecular flexibility index (Phi) is 4.48. The zero-order valence-electron chi connectivity index (χ0n) is 14.5. The number of benzene rings is 1. The molecule has 0 bridgehead atoms. The van der Waals surface area contributed by atoms with E-state index in [-0.39, 0.29) is 11.6 Å². The van der Waals surface area contributed by atoms with Gasteiger partial charge in [0.1, 0.15) is 0 Å². The number of nitrogens with one attached hydrogen (secondary N) is 2. The van der Waals surface area contributed by atoms with Crippen LogP contribution >= 0.6 is 0 Å². The summed E-state index contributed by atoms with van der Waals surface area (Å²) in [6.07, 6.45) is 1.13. The third-order valence-electron chi connectivity index (χ3n) is 4.47. The summed E-state index contributed by atoms with van der Waals surface area (Å²) >= 11 is 0. The largest absolute Gasteiger partial charge is 0.384 e. The molecule has 2 aliphatic heterocycles. The van der Waals surface area contributed by atoms with Crippen LogP contribution in [0.5, 0.6) is 0 Å². The number of urea groups is 1. The Labute approximate surface area is 139 Å². The van der Waals surface area contributed by atoms with E-state index >= 15 is 0 Å². The Morgan fingerprint density at radius 1 is 1.22 bits per heavy atom. The fraction of sp³-hybridized carbons (Fsp3) is 0.611. The second kappa shape index (κ2) is 6.40. The first-order chi connectivity index (χ1) is 10.9. The maximum absolute atomic E-state index is 12.2. The molecule has 5 heteroatoms. The molecular formula is C18H28N4O. The minimum atomic E-state index is -0.176. The van der Waals surface area contributed by atoms with Gasteiger partial charge in [0.15, 0.2) is 0 Å². The summed E-state index contributed by atoms with van der Waals surface area (Å²) in [5, 5.41) is 6.56. The number of fused-ring (bicyclic) bond motifs is 1. The van der Waals surface area contributed by atoms with Crippen LogP contribution in [0, 0.1) is 0 Å². The standard InChI is InChI=1S/C18H28N4O/c1-18(2,3)20-17(23)22-11-9-21(10-12-22)13-15-6-4-5-14-7-8-19-16(14)15/h4-6,19H,7-13H2,1-3H3,(H,20,23). The quantitative estimate of drug-likeness (QED) is 0.880. The number of piperazine rings is 1. The maximum atomic E-state index is 12.2. The van der Waals surface area contributed by atoms with Gasteiger partial charge in [-0.2, -0.15) is 0 Å². The van der Waals surface area contributed by atoms with Crippen molar-refractivity contribution in [1.29, 1.82) is 0 Å². The first-order valence-electron chi connectivity index (χ1n) is 8.56. The van der Waals surface area contributed by atoms with E-state index in [1.54, 1.807) is 0 Å². The SMILES string of the molecule is CC(C)(C)NC(=O)N1CCN(Cc2cccc3c2NCC3)CC1. The van der Waals surface area contributed by atoms with Gasteiger partial charge in [-0.15, -0.1) is 0 Å². The van der Waals surface area contributed by atoms with Crippen LogP contribution in [0.3, 0.4) is 0 Å². The Morgan fingerprint density at radius 2 is 1.96 bits per heavy atom. The number of carbonyl (C=O) groups excluding carboxylic acids is 1. The van der Waals surface area contributed by atoms with Crippen molar-refractivity contribution in [2.45, 2.75) is 39.3 Å². The zero-order chi connectivity index (χ0) is 16.4. The lowest BCUT2D eigenvalue weighted by molar-refractivity contribution is 0.131. The molecule has 2 aliphatic rings. The third kappa shape index (κ3) is 3.96. The van der Waals surface area contributed by atoms with Gasteiger partial charge in [0.05, 0.1) is 0 Å². The van der Waals surface area contributed by atoms with Crippen LogP contribution in [0.1, 0.15) is 31.9 Å². The van der Waals surface area contributed by atoms with Gasteiger partial charge in [-0.3, -0.25) is 4.90 Å². The van der Waals surface area contributed by atoms with Gasteiger partial charge in [0, 0.05) is 50.5 Å². The van der Waals surface area contributed by atoms with E-state index < -0.39 is 0 Å². The van der Waals surface area contributed by atoms with Gasteiger partial charge >= 0.3 is 6.03 Å². The summed E-state index contributed by atoms with van der Waals surface area (Å²) < 4.78 is 0. The number of amides is 2. The highest BCUT2D eigenvalue weighted by Gasteiger charge is 2.24. The Bertz CT molecular complexity index is 571. The molecule has 2 heterocycles. The predicted molar refractivity (Wildman–Crippen MR) is 93.8 cm³/mol. The predicted octanol–water partition coefficient (Wildman–Crippen LogP) is 2.28. The van der Waals surface area contributed by atoms with Crippen LogP contribution in [0.15, 0.2) is 18.2 Å². The highest BCUT2D eigenvalue weighted by molar-refractivity contribution is 5.75. The molecule has 0 spiro atoms. The average Bonchev–Trinajstić information content (AvgIpc) is 2.96. The van der Waals surface area contributed by atoms with Crippen LogP contribution in [-0.2, 0) is 13.0 Å². The number of hydrogen-bond acceptors (Lipinski definition) is 3. The van der Waals surface area contributed by atoms with Gasteiger partial charge in [-0.05, 0) is 38.3 Å². The van der Waals surface area contributed by atoms with Crippen molar-refractivity contribution in [2.75, 3.05) is 38.0 Å². The number of carbonyl (C=O) groups is 1. The molecule has 2 N–H and O–H groups in total. The molecule has 0 saturated carbocycles. The van der Waals surface area contributed by atoms with Crippen LogP contribution in [-0.4, -0.2) is 54.1 Å².